The summed E-state index contributed by atoms with van der Waals surface area (Å²) in [4.78, 5) is 27.9. The zero-order chi connectivity index (χ0) is 25.0. The monoisotopic (exact) mass is 478 g/mol. The molecule has 0 atom stereocenters. The molecule has 2 aromatic carbocycles. The Bertz CT molecular complexity index is 1140. The number of ether oxygens (including phenoxy) is 1. The molecule has 3 rings (SSSR count). The summed E-state index contributed by atoms with van der Waals surface area (Å²) < 4.78 is 5.93. The number of nitrogens with one attached hydrogen (secondary N) is 3. The molecule has 0 aliphatic carbocycles. The van der Waals surface area contributed by atoms with E-state index in [1.165, 1.54) is 11.6 Å². The van der Waals surface area contributed by atoms with Crippen LogP contribution in [0.5, 0.6) is 5.75 Å². The van der Waals surface area contributed by atoms with E-state index >= 15 is 0 Å². The Kier molecular flexibility index (Phi) is 9.89. The summed E-state index contributed by atoms with van der Waals surface area (Å²) in [5, 5.41) is 13.1. The fraction of sp³-hybridized carbons (Fsp3) is 0.333. The van der Waals surface area contributed by atoms with Gasteiger partial charge in [0.05, 0.1) is 6.54 Å². The van der Waals surface area contributed by atoms with Gasteiger partial charge < -0.3 is 19.9 Å². The molecule has 35 heavy (non-hydrogen) atoms. The second-order valence-corrected chi connectivity index (χ2v) is 8.35. The summed E-state index contributed by atoms with van der Waals surface area (Å²) in [6.45, 7) is 7.01. The van der Waals surface area contributed by atoms with Gasteiger partial charge in [-0.15, -0.1) is 0 Å². The molecule has 0 saturated heterocycles. The van der Waals surface area contributed by atoms with Gasteiger partial charge in [0.1, 0.15) is 12.4 Å². The van der Waals surface area contributed by atoms with Crippen LogP contribution in [0.15, 0.2) is 54.7 Å². The van der Waals surface area contributed by atoms with Gasteiger partial charge in [0, 0.05) is 43.2 Å². The Morgan fingerprint density at radius 1 is 1.14 bits per heavy atom. The van der Waals surface area contributed by atoms with E-state index in [1.807, 2.05) is 47.5 Å². The van der Waals surface area contributed by atoms with E-state index in [4.69, 9.17) is 9.94 Å². The van der Waals surface area contributed by atoms with Crippen LogP contribution in [0.2, 0.25) is 0 Å². The highest BCUT2D eigenvalue weighted by atomic mass is 16.5. The van der Waals surface area contributed by atoms with Gasteiger partial charge in [0.15, 0.2) is 0 Å². The molecule has 0 aliphatic heterocycles. The quantitative estimate of drug-likeness (QED) is 0.130. The van der Waals surface area contributed by atoms with Gasteiger partial charge in [0.25, 0.3) is 5.91 Å². The van der Waals surface area contributed by atoms with Crippen molar-refractivity contribution >= 4 is 28.8 Å². The lowest BCUT2D eigenvalue weighted by Crippen LogP contribution is -2.33. The molecule has 1 aromatic heterocycles. The fourth-order valence-electron chi connectivity index (χ4n) is 3.84. The van der Waals surface area contributed by atoms with Crippen molar-refractivity contribution in [2.24, 2.45) is 0 Å². The predicted molar refractivity (Wildman–Crippen MR) is 137 cm³/mol. The number of fused-ring (bicyclic) bond motifs is 1. The maximum absolute atomic E-state index is 11.7. The molecule has 0 fully saturated rings. The second kappa shape index (κ2) is 13.3. The van der Waals surface area contributed by atoms with E-state index in [0.29, 0.717) is 13.2 Å². The number of nitrogens with zero attached hydrogens (tertiary/aromatic N) is 1. The van der Waals surface area contributed by atoms with Crippen LogP contribution in [0.1, 0.15) is 37.0 Å². The minimum absolute atomic E-state index is 0.0752. The average molecular weight is 479 g/mol. The number of amides is 2. The number of benzene rings is 2. The van der Waals surface area contributed by atoms with Gasteiger partial charge >= 0.3 is 0 Å². The highest BCUT2D eigenvalue weighted by Crippen LogP contribution is 2.24. The first-order valence-electron chi connectivity index (χ1n) is 11.9. The Balaban J connectivity index is 1.48. The molecule has 2 amide bonds. The largest absolute Gasteiger partial charge is 0.492 e. The third-order valence-corrected chi connectivity index (χ3v) is 5.72. The van der Waals surface area contributed by atoms with Gasteiger partial charge in [-0.1, -0.05) is 31.2 Å². The summed E-state index contributed by atoms with van der Waals surface area (Å²) >= 11 is 0. The summed E-state index contributed by atoms with van der Waals surface area (Å²) in [5.41, 5.74) is 5.89. The third kappa shape index (κ3) is 7.98. The highest BCUT2D eigenvalue weighted by Gasteiger charge is 2.09. The lowest BCUT2D eigenvalue weighted by atomic mass is 10.1. The number of hydrogen-bond acceptors (Lipinski definition) is 5. The summed E-state index contributed by atoms with van der Waals surface area (Å²) in [7, 11) is 0. The smallest absolute Gasteiger partial charge is 0.267 e. The van der Waals surface area contributed by atoms with Crippen molar-refractivity contribution in [3.8, 4) is 5.75 Å². The Labute approximate surface area is 205 Å². The molecule has 3 aromatic rings. The Morgan fingerprint density at radius 2 is 1.94 bits per heavy atom. The van der Waals surface area contributed by atoms with E-state index in [1.54, 1.807) is 18.5 Å². The Hall–Kier alpha value is -3.62. The van der Waals surface area contributed by atoms with Crippen LogP contribution in [0.25, 0.3) is 17.0 Å². The number of H-pyrrole nitrogens is 1. The van der Waals surface area contributed by atoms with E-state index in [9.17, 15) is 9.59 Å². The molecule has 8 heteroatoms. The number of aromatic amines is 1. The van der Waals surface area contributed by atoms with E-state index in [-0.39, 0.29) is 5.91 Å². The molecule has 8 nitrogen and oxygen atoms in total. The number of aromatic nitrogens is 1. The first-order valence-corrected chi connectivity index (χ1v) is 11.9. The van der Waals surface area contributed by atoms with Gasteiger partial charge in [-0.05, 0) is 60.4 Å². The van der Waals surface area contributed by atoms with Crippen LogP contribution < -0.4 is 15.5 Å². The molecule has 0 bridgehead atoms. The Morgan fingerprint density at radius 3 is 2.66 bits per heavy atom. The van der Waals surface area contributed by atoms with Crippen LogP contribution in [-0.4, -0.2) is 53.1 Å². The highest BCUT2D eigenvalue weighted by molar-refractivity contribution is 5.90. The van der Waals surface area contributed by atoms with E-state index in [0.717, 1.165) is 60.3 Å². The summed E-state index contributed by atoms with van der Waals surface area (Å²) in [6.07, 6.45) is 6.76. The van der Waals surface area contributed by atoms with Crippen LogP contribution in [0.3, 0.4) is 0 Å². The van der Waals surface area contributed by atoms with Gasteiger partial charge in [-0.2, -0.15) is 0 Å². The van der Waals surface area contributed by atoms with Crippen molar-refractivity contribution in [3.63, 3.8) is 0 Å². The maximum Gasteiger partial charge on any atom is 0.267 e. The predicted octanol–water partition coefficient (Wildman–Crippen LogP) is 3.66. The maximum atomic E-state index is 11.7. The van der Waals surface area contributed by atoms with Crippen molar-refractivity contribution in [1.29, 1.82) is 0 Å². The van der Waals surface area contributed by atoms with Crippen LogP contribution in [0.4, 0.5) is 0 Å². The van der Waals surface area contributed by atoms with Crippen molar-refractivity contribution in [1.82, 2.24) is 20.7 Å². The van der Waals surface area contributed by atoms with Crippen LogP contribution >= 0.6 is 0 Å². The van der Waals surface area contributed by atoms with Gasteiger partial charge in [-0.25, -0.2) is 5.48 Å². The number of hydroxylamine groups is 1. The lowest BCUT2D eigenvalue weighted by Gasteiger charge is -2.20. The van der Waals surface area contributed by atoms with E-state index in [2.05, 4.69) is 23.3 Å². The topological polar surface area (TPSA) is 107 Å². The molecule has 1 heterocycles. The SMILES string of the molecule is CCCN(CCOc1ccc2[nH]cc(CCNCc3ccc(/C=C/C(=O)NO)cc3)c2c1)C(C)=O. The zero-order valence-corrected chi connectivity index (χ0v) is 20.3. The number of rotatable bonds is 13. The molecule has 0 saturated carbocycles. The lowest BCUT2D eigenvalue weighted by molar-refractivity contribution is -0.129. The minimum Gasteiger partial charge on any atom is -0.492 e. The van der Waals surface area contributed by atoms with Crippen LogP contribution in [-0.2, 0) is 22.6 Å². The second-order valence-electron chi connectivity index (χ2n) is 8.35. The number of carbonyl (C=O) groups excluding carboxylic acids is 2. The average Bonchev–Trinajstić information content (AvgIpc) is 3.27. The van der Waals surface area contributed by atoms with E-state index < -0.39 is 5.91 Å². The first kappa shape index (κ1) is 26.0. The normalized spacial score (nSPS) is 11.2. The molecule has 0 spiro atoms. The fourth-order valence-corrected chi connectivity index (χ4v) is 3.84. The summed E-state index contributed by atoms with van der Waals surface area (Å²) in [5.74, 6) is 0.321. The molecule has 186 valence electrons. The van der Waals surface area contributed by atoms with Crippen LogP contribution in [0, 0.1) is 0 Å². The molecule has 0 unspecified atom stereocenters. The van der Waals surface area contributed by atoms with Crippen molar-refractivity contribution < 1.29 is 19.5 Å². The summed E-state index contributed by atoms with van der Waals surface area (Å²) in [6, 6.07) is 13.9. The molecule has 4 N–H and O–H groups in total. The third-order valence-electron chi connectivity index (χ3n) is 5.72. The van der Waals surface area contributed by atoms with Gasteiger partial charge in [0.2, 0.25) is 5.91 Å². The van der Waals surface area contributed by atoms with Crippen molar-refractivity contribution in [3.05, 3.63) is 71.4 Å². The molecule has 0 radical (unpaired) electrons. The zero-order valence-electron chi connectivity index (χ0n) is 20.3. The number of carbonyl (C=O) groups is 2. The molecular weight excluding hydrogens is 444 g/mol. The molecular formula is C27H34N4O4. The standard InChI is InChI=1S/C27H34N4O4/c1-3-14-31(20(2)32)15-16-35-24-9-10-26-25(17-24)23(19-29-26)12-13-28-18-22-6-4-21(5-7-22)8-11-27(33)30-34/h4-11,17,19,28-29,34H,3,12-16,18H2,1-2H3,(H,30,33)/b11-8+. The molecule has 0 aliphatic rings. The van der Waals surface area contributed by atoms with Gasteiger partial charge in [-0.3, -0.25) is 14.8 Å². The first-order chi connectivity index (χ1) is 17.0. The minimum atomic E-state index is -0.557. The van der Waals surface area contributed by atoms with Crippen molar-refractivity contribution in [2.45, 2.75) is 33.2 Å². The van der Waals surface area contributed by atoms with Crippen molar-refractivity contribution in [2.75, 3.05) is 26.2 Å². The number of hydrogen-bond donors (Lipinski definition) is 4.